The molecule has 0 atom stereocenters. The molecule has 0 fully saturated rings. The van der Waals surface area contributed by atoms with E-state index in [0.717, 1.165) is 0 Å². The summed E-state index contributed by atoms with van der Waals surface area (Å²) in [6.07, 6.45) is 1.35. The van der Waals surface area contributed by atoms with Crippen LogP contribution in [-0.2, 0) is 5.21 Å². The number of aromatic nitrogens is 2. The molecule has 0 aliphatic rings. The number of nitro groups is 1. The number of hydrogen-bond donors (Lipinski definition) is 0. The summed E-state index contributed by atoms with van der Waals surface area (Å²) in [4.78, 5) is 10.4. The summed E-state index contributed by atoms with van der Waals surface area (Å²) < 4.78 is 1.30. The molecular weight excluding hydrogens is 216 g/mol. The first kappa shape index (κ1) is 15.7. The topological polar surface area (TPSA) is 61.0 Å². The monoisotopic (exact) mass is 233 g/mol. The van der Waals surface area contributed by atoms with Crippen LogP contribution in [0.5, 0.6) is 0 Å². The van der Waals surface area contributed by atoms with E-state index in [9.17, 15) is 10.1 Å². The summed E-state index contributed by atoms with van der Waals surface area (Å²) in [6.45, 7) is 9.10. The average Bonchev–Trinajstić information content (AvgIpc) is 2.64. The molecule has 5 nitrogen and oxygen atoms in total. The number of nitrogens with zero attached hydrogens (tertiary/aromatic N) is 3. The molecule has 17 heavy (non-hydrogen) atoms. The SMILES string of the molecule is CC.[B]C([B])(C)c1cnn(C(C)C)c1[N+](=O)[O-]. The zero-order chi connectivity index (χ0) is 13.8. The van der Waals surface area contributed by atoms with Crippen LogP contribution in [0.25, 0.3) is 0 Å². The van der Waals surface area contributed by atoms with Crippen molar-refractivity contribution in [2.24, 2.45) is 0 Å². The van der Waals surface area contributed by atoms with Crippen LogP contribution in [0.1, 0.15) is 46.2 Å². The van der Waals surface area contributed by atoms with E-state index >= 15 is 0 Å². The minimum atomic E-state index is -1.25. The van der Waals surface area contributed by atoms with Crippen LogP contribution in [0.2, 0.25) is 0 Å². The van der Waals surface area contributed by atoms with Gasteiger partial charge >= 0.3 is 5.82 Å². The summed E-state index contributed by atoms with van der Waals surface area (Å²) in [7, 11) is 11.3. The van der Waals surface area contributed by atoms with Crippen LogP contribution >= 0.6 is 0 Å². The fourth-order valence-corrected chi connectivity index (χ4v) is 1.30. The van der Waals surface area contributed by atoms with Gasteiger partial charge in [0.1, 0.15) is 6.04 Å². The third kappa shape index (κ3) is 3.61. The van der Waals surface area contributed by atoms with Gasteiger partial charge < -0.3 is 10.1 Å². The van der Waals surface area contributed by atoms with Gasteiger partial charge in [0.05, 0.1) is 27.5 Å². The second-order valence-corrected chi connectivity index (χ2v) is 3.96. The van der Waals surface area contributed by atoms with Crippen LogP contribution < -0.4 is 0 Å². The van der Waals surface area contributed by atoms with Crippen molar-refractivity contribution in [3.05, 3.63) is 21.9 Å². The van der Waals surface area contributed by atoms with Gasteiger partial charge in [-0.15, -0.1) is 4.68 Å². The van der Waals surface area contributed by atoms with Crippen molar-refractivity contribution in [2.45, 2.75) is 45.9 Å². The van der Waals surface area contributed by atoms with Gasteiger partial charge in [-0.05, 0) is 18.8 Å². The van der Waals surface area contributed by atoms with Gasteiger partial charge in [0.15, 0.2) is 0 Å². The highest BCUT2D eigenvalue weighted by Gasteiger charge is 2.30. The highest BCUT2D eigenvalue weighted by atomic mass is 16.6. The normalized spacial score (nSPS) is 10.9. The lowest BCUT2D eigenvalue weighted by Crippen LogP contribution is -2.23. The van der Waals surface area contributed by atoms with Crippen LogP contribution in [0.15, 0.2) is 6.20 Å². The number of hydrogen-bond acceptors (Lipinski definition) is 3. The third-order valence-electron chi connectivity index (χ3n) is 2.01. The summed E-state index contributed by atoms with van der Waals surface area (Å²) in [6, 6.07) is -0.110. The van der Waals surface area contributed by atoms with Crippen LogP contribution in [-0.4, -0.2) is 30.4 Å². The van der Waals surface area contributed by atoms with Crippen molar-refractivity contribution >= 4 is 21.5 Å². The molecule has 1 heterocycles. The molecule has 4 radical (unpaired) electrons. The van der Waals surface area contributed by atoms with Crippen LogP contribution in [0, 0.1) is 10.1 Å². The van der Waals surface area contributed by atoms with E-state index in [1.54, 1.807) is 13.8 Å². The predicted octanol–water partition coefficient (Wildman–Crippen LogP) is 1.91. The predicted molar refractivity (Wildman–Crippen MR) is 69.5 cm³/mol. The number of rotatable bonds is 3. The van der Waals surface area contributed by atoms with E-state index in [4.69, 9.17) is 15.7 Å². The Morgan fingerprint density at radius 3 is 2.24 bits per heavy atom. The molecule has 1 aromatic heterocycles. The van der Waals surface area contributed by atoms with Crippen molar-refractivity contribution < 1.29 is 4.92 Å². The lowest BCUT2D eigenvalue weighted by molar-refractivity contribution is -0.393. The molecular formula is C10H17B2N3O2. The van der Waals surface area contributed by atoms with Crippen molar-refractivity contribution in [3.8, 4) is 0 Å². The minimum Gasteiger partial charge on any atom is -0.358 e. The molecule has 7 heteroatoms. The van der Waals surface area contributed by atoms with Gasteiger partial charge in [-0.2, -0.15) is 0 Å². The molecule has 0 saturated heterocycles. The molecule has 0 unspecified atom stereocenters. The summed E-state index contributed by atoms with van der Waals surface area (Å²) in [5.41, 5.74) is 0.237. The van der Waals surface area contributed by atoms with Gasteiger partial charge in [0.25, 0.3) is 0 Å². The van der Waals surface area contributed by atoms with Crippen molar-refractivity contribution in [1.29, 1.82) is 0 Å². The summed E-state index contributed by atoms with van der Waals surface area (Å²) >= 11 is 0. The third-order valence-corrected chi connectivity index (χ3v) is 2.01. The van der Waals surface area contributed by atoms with E-state index in [2.05, 4.69) is 5.10 Å². The van der Waals surface area contributed by atoms with Crippen LogP contribution in [0.3, 0.4) is 0 Å². The van der Waals surface area contributed by atoms with E-state index in [-0.39, 0.29) is 17.4 Å². The Balaban J connectivity index is 0.00000121. The molecule has 0 bridgehead atoms. The summed E-state index contributed by atoms with van der Waals surface area (Å²) in [5, 5.41) is 13.6. The molecule has 0 aromatic carbocycles. The van der Waals surface area contributed by atoms with Crippen molar-refractivity contribution in [3.63, 3.8) is 0 Å². The molecule has 1 aromatic rings. The van der Waals surface area contributed by atoms with Gasteiger partial charge in [0, 0.05) is 0 Å². The van der Waals surface area contributed by atoms with E-state index in [1.807, 2.05) is 13.8 Å². The second-order valence-electron chi connectivity index (χ2n) is 3.96. The standard InChI is InChI=1S/C8H11B2N3O2.C2H6/c1-5(2)12-7(13(14)15)6(4-11-12)8(3,9)10;1-2/h4-5H,1-3H3;1-2H3. The lowest BCUT2D eigenvalue weighted by atomic mass is 9.53. The largest absolute Gasteiger partial charge is 0.358 e. The molecule has 0 aliphatic carbocycles. The smallest absolute Gasteiger partial charge is 0.347 e. The maximum Gasteiger partial charge on any atom is 0.347 e. The van der Waals surface area contributed by atoms with E-state index < -0.39 is 10.1 Å². The second kappa shape index (κ2) is 5.89. The molecule has 0 N–H and O–H groups in total. The minimum absolute atomic E-state index is 0.110. The zero-order valence-electron chi connectivity index (χ0n) is 11.0. The van der Waals surface area contributed by atoms with Gasteiger partial charge in [-0.1, -0.05) is 31.1 Å². The average molecular weight is 233 g/mol. The Morgan fingerprint density at radius 1 is 1.47 bits per heavy atom. The van der Waals surface area contributed by atoms with Crippen LogP contribution in [0.4, 0.5) is 5.82 Å². The lowest BCUT2D eigenvalue weighted by Gasteiger charge is -2.16. The maximum atomic E-state index is 10.9. The highest BCUT2D eigenvalue weighted by Crippen LogP contribution is 2.28. The Morgan fingerprint density at radius 2 is 1.94 bits per heavy atom. The van der Waals surface area contributed by atoms with Gasteiger partial charge in [-0.3, -0.25) is 0 Å². The molecule has 0 saturated carbocycles. The van der Waals surface area contributed by atoms with Gasteiger partial charge in [0.2, 0.25) is 0 Å². The molecule has 0 amide bonds. The van der Waals surface area contributed by atoms with E-state index in [0.29, 0.717) is 0 Å². The Labute approximate surface area is 105 Å². The maximum absolute atomic E-state index is 10.9. The molecule has 1 rings (SSSR count). The Hall–Kier alpha value is -1.26. The molecule has 90 valence electrons. The van der Waals surface area contributed by atoms with Gasteiger partial charge in [-0.25, -0.2) is 0 Å². The fraction of sp³-hybridized carbons (Fsp3) is 0.700. The molecule has 0 spiro atoms. The first-order valence-electron chi connectivity index (χ1n) is 5.55. The fourth-order valence-electron chi connectivity index (χ4n) is 1.30. The highest BCUT2D eigenvalue weighted by molar-refractivity contribution is 6.40. The van der Waals surface area contributed by atoms with Crippen molar-refractivity contribution in [1.82, 2.24) is 9.78 Å². The Kier molecular flexibility index (Phi) is 5.45. The van der Waals surface area contributed by atoms with E-state index in [1.165, 1.54) is 17.8 Å². The van der Waals surface area contributed by atoms with Crippen molar-refractivity contribution in [2.75, 3.05) is 0 Å². The first-order valence-corrected chi connectivity index (χ1v) is 5.55. The Bertz CT molecular complexity index is 383. The first-order chi connectivity index (χ1) is 7.75. The quantitative estimate of drug-likeness (QED) is 0.455. The molecule has 0 aliphatic heterocycles. The summed E-state index contributed by atoms with van der Waals surface area (Å²) in [5.74, 6) is -0.141. The zero-order valence-corrected chi connectivity index (χ0v) is 11.0.